The van der Waals surface area contributed by atoms with Crippen LogP contribution >= 0.6 is 11.3 Å². The second kappa shape index (κ2) is 8.24. The fraction of sp³-hybridized carbons (Fsp3) is 0.211. The Morgan fingerprint density at radius 3 is 2.68 bits per heavy atom. The number of benzene rings is 1. The van der Waals surface area contributed by atoms with E-state index in [1.165, 1.54) is 23.6 Å². The summed E-state index contributed by atoms with van der Waals surface area (Å²) < 4.78 is 0. The number of rotatable bonds is 6. The predicted octanol–water partition coefficient (Wildman–Crippen LogP) is 2.38. The van der Waals surface area contributed by atoms with Gasteiger partial charge >= 0.3 is 5.97 Å². The van der Waals surface area contributed by atoms with Gasteiger partial charge in [-0.25, -0.2) is 19.7 Å². The molecule has 28 heavy (non-hydrogen) atoms. The number of carboxylic acids is 1. The van der Waals surface area contributed by atoms with Crippen LogP contribution in [-0.4, -0.2) is 43.6 Å². The van der Waals surface area contributed by atoms with Crippen molar-refractivity contribution in [2.24, 2.45) is 0 Å². The zero-order valence-corrected chi connectivity index (χ0v) is 16.0. The highest BCUT2D eigenvalue weighted by Crippen LogP contribution is 2.22. The van der Waals surface area contributed by atoms with Gasteiger partial charge in [0, 0.05) is 23.9 Å². The molecule has 0 radical (unpaired) electrons. The van der Waals surface area contributed by atoms with E-state index in [1.54, 1.807) is 37.6 Å². The number of thiazole rings is 1. The number of carbonyl (C=O) groups excluding carboxylic acids is 1. The van der Waals surface area contributed by atoms with Crippen molar-refractivity contribution in [3.05, 3.63) is 63.4 Å². The molecule has 2 aromatic heterocycles. The molecular weight excluding hydrogens is 380 g/mol. The molecule has 0 unspecified atom stereocenters. The normalized spacial score (nSPS) is 11.8. The predicted molar refractivity (Wildman–Crippen MR) is 103 cm³/mol. The molecular formula is C19H18N4O4S. The van der Waals surface area contributed by atoms with Gasteiger partial charge in [0.05, 0.1) is 16.1 Å². The topological polar surface area (TPSA) is 125 Å². The van der Waals surface area contributed by atoms with Crippen LogP contribution in [0.1, 0.15) is 43.1 Å². The van der Waals surface area contributed by atoms with E-state index in [1.807, 2.05) is 0 Å². The second-order valence-corrected chi connectivity index (χ2v) is 7.01. The summed E-state index contributed by atoms with van der Waals surface area (Å²) in [6.07, 6.45) is 0.523. The number of hydrogen-bond acceptors (Lipinski definition) is 7. The van der Waals surface area contributed by atoms with Crippen LogP contribution in [0, 0.1) is 13.8 Å². The number of carbonyl (C=O) groups is 2. The van der Waals surface area contributed by atoms with E-state index in [2.05, 4.69) is 20.3 Å². The monoisotopic (exact) mass is 398 g/mol. The molecule has 0 bridgehead atoms. The number of nitrogens with one attached hydrogen (secondary N) is 1. The van der Waals surface area contributed by atoms with Gasteiger partial charge < -0.3 is 15.5 Å². The van der Waals surface area contributed by atoms with Gasteiger partial charge in [0.15, 0.2) is 11.5 Å². The average molecular weight is 398 g/mol. The summed E-state index contributed by atoms with van der Waals surface area (Å²) >= 11 is 1.33. The Kier molecular flexibility index (Phi) is 5.76. The largest absolute Gasteiger partial charge is 0.477 e. The van der Waals surface area contributed by atoms with Crippen LogP contribution in [0.15, 0.2) is 36.0 Å². The highest BCUT2D eigenvalue weighted by atomic mass is 32.1. The van der Waals surface area contributed by atoms with Crippen LogP contribution in [0.3, 0.4) is 0 Å². The molecule has 144 valence electrons. The smallest absolute Gasteiger partial charge is 0.354 e. The molecule has 0 aliphatic carbocycles. The van der Waals surface area contributed by atoms with E-state index in [0.29, 0.717) is 16.0 Å². The van der Waals surface area contributed by atoms with Crippen molar-refractivity contribution in [1.82, 2.24) is 20.3 Å². The highest BCUT2D eigenvalue weighted by Gasteiger charge is 2.17. The first-order valence-corrected chi connectivity index (χ1v) is 9.28. The lowest BCUT2D eigenvalue weighted by Crippen LogP contribution is -2.29. The van der Waals surface area contributed by atoms with Gasteiger partial charge in [-0.05, 0) is 31.5 Å². The van der Waals surface area contributed by atoms with Crippen LogP contribution in [0.4, 0.5) is 0 Å². The van der Waals surface area contributed by atoms with Gasteiger partial charge in [0.25, 0.3) is 5.91 Å². The quantitative estimate of drug-likeness (QED) is 0.582. The van der Waals surface area contributed by atoms with Gasteiger partial charge in [-0.15, -0.1) is 11.3 Å². The number of amides is 1. The molecule has 3 rings (SSSR count). The number of aryl methyl sites for hydroxylation is 2. The summed E-state index contributed by atoms with van der Waals surface area (Å²) in [7, 11) is 0. The lowest BCUT2D eigenvalue weighted by molar-refractivity contribution is 0.0690. The van der Waals surface area contributed by atoms with E-state index in [0.717, 1.165) is 11.3 Å². The van der Waals surface area contributed by atoms with Crippen molar-refractivity contribution in [3.63, 3.8) is 0 Å². The molecule has 0 aliphatic rings. The molecule has 0 saturated heterocycles. The van der Waals surface area contributed by atoms with E-state index in [9.17, 15) is 14.7 Å². The second-order valence-electron chi connectivity index (χ2n) is 6.13. The zero-order chi connectivity index (χ0) is 20.3. The molecule has 3 aromatic rings. The lowest BCUT2D eigenvalue weighted by Gasteiger charge is -2.13. The number of aromatic nitrogens is 3. The van der Waals surface area contributed by atoms with E-state index in [-0.39, 0.29) is 24.0 Å². The van der Waals surface area contributed by atoms with Gasteiger partial charge in [0.2, 0.25) is 0 Å². The summed E-state index contributed by atoms with van der Waals surface area (Å²) in [6.45, 7) is 3.64. The fourth-order valence-electron chi connectivity index (χ4n) is 2.63. The lowest BCUT2D eigenvalue weighted by atomic mass is 10.0. The summed E-state index contributed by atoms with van der Waals surface area (Å²) in [4.78, 5) is 36.6. The van der Waals surface area contributed by atoms with Crippen LogP contribution in [-0.2, 0) is 0 Å². The number of aliphatic hydroxyl groups is 1. The van der Waals surface area contributed by atoms with Gasteiger partial charge in [0.1, 0.15) is 6.10 Å². The molecule has 1 atom stereocenters. The summed E-state index contributed by atoms with van der Waals surface area (Å²) in [5.41, 5.74) is 3.92. The molecule has 1 amide bonds. The number of carboxylic acid groups (broad SMARTS) is 1. The number of nitrogens with zero attached hydrogens (tertiary/aromatic N) is 3. The van der Waals surface area contributed by atoms with Crippen molar-refractivity contribution < 1.29 is 19.8 Å². The maximum atomic E-state index is 12.6. The van der Waals surface area contributed by atoms with Crippen molar-refractivity contribution in [3.8, 4) is 11.4 Å². The van der Waals surface area contributed by atoms with Gasteiger partial charge in [-0.1, -0.05) is 12.1 Å². The zero-order valence-electron chi connectivity index (χ0n) is 15.2. The average Bonchev–Trinajstić information content (AvgIpc) is 3.12. The van der Waals surface area contributed by atoms with E-state index >= 15 is 0 Å². The third kappa shape index (κ3) is 4.21. The first-order chi connectivity index (χ1) is 13.4. The van der Waals surface area contributed by atoms with Crippen LogP contribution in [0.25, 0.3) is 11.4 Å². The van der Waals surface area contributed by atoms with E-state index < -0.39 is 12.1 Å². The molecule has 0 saturated carbocycles. The fourth-order valence-corrected chi connectivity index (χ4v) is 3.42. The molecule has 3 N–H and O–H groups in total. The van der Waals surface area contributed by atoms with Crippen LogP contribution in [0.2, 0.25) is 0 Å². The molecule has 2 heterocycles. The number of hydrogen-bond donors (Lipinski definition) is 3. The Morgan fingerprint density at radius 1 is 1.21 bits per heavy atom. The first kappa shape index (κ1) is 19.6. The van der Waals surface area contributed by atoms with Gasteiger partial charge in [-0.3, -0.25) is 4.79 Å². The highest BCUT2D eigenvalue weighted by molar-refractivity contribution is 7.09. The Balaban J connectivity index is 1.79. The molecule has 0 fully saturated rings. The van der Waals surface area contributed by atoms with Crippen molar-refractivity contribution in [2.45, 2.75) is 20.0 Å². The van der Waals surface area contributed by atoms with Crippen molar-refractivity contribution in [1.29, 1.82) is 0 Å². The Hall–Kier alpha value is -3.17. The standard InChI is InChI=1S/C19H18N4O4S/c1-10-3-4-12(17-20-6-5-14(23-17)19(26)27)7-13(10)18(25)21-8-15(24)16-11(2)22-9-28-16/h3-7,9,15,24H,8H2,1-2H3,(H,21,25)(H,26,27)/t15-/m1/s1. The third-order valence-corrected chi connectivity index (χ3v) is 5.19. The molecule has 1 aromatic carbocycles. The Bertz CT molecular complexity index is 1030. The maximum absolute atomic E-state index is 12.6. The molecule has 9 heteroatoms. The Labute approximate surface area is 164 Å². The third-order valence-electron chi connectivity index (χ3n) is 4.16. The summed E-state index contributed by atoms with van der Waals surface area (Å²) in [6, 6.07) is 6.37. The number of aromatic carboxylic acids is 1. The first-order valence-electron chi connectivity index (χ1n) is 8.40. The summed E-state index contributed by atoms with van der Waals surface area (Å²) in [5, 5.41) is 22.1. The van der Waals surface area contributed by atoms with Crippen LogP contribution in [0.5, 0.6) is 0 Å². The minimum Gasteiger partial charge on any atom is -0.477 e. The maximum Gasteiger partial charge on any atom is 0.354 e. The molecule has 0 aliphatic heterocycles. The summed E-state index contributed by atoms with van der Waals surface area (Å²) in [5.74, 6) is -1.29. The Morgan fingerprint density at radius 2 is 2.00 bits per heavy atom. The number of aliphatic hydroxyl groups excluding tert-OH is 1. The van der Waals surface area contributed by atoms with Gasteiger partial charge in [-0.2, -0.15) is 0 Å². The van der Waals surface area contributed by atoms with Crippen molar-refractivity contribution >= 4 is 23.2 Å². The minimum absolute atomic E-state index is 0.0521. The van der Waals surface area contributed by atoms with E-state index in [4.69, 9.17) is 5.11 Å². The van der Waals surface area contributed by atoms with Crippen molar-refractivity contribution in [2.75, 3.05) is 6.54 Å². The molecule has 8 nitrogen and oxygen atoms in total. The SMILES string of the molecule is Cc1ccc(-c2nccc(C(=O)O)n2)cc1C(=O)NC[C@@H](O)c1scnc1C. The minimum atomic E-state index is -1.15. The molecule has 0 spiro atoms. The van der Waals surface area contributed by atoms with Crippen LogP contribution < -0.4 is 5.32 Å².